The minimum atomic E-state index is -0.931. The highest BCUT2D eigenvalue weighted by Crippen LogP contribution is 2.07. The number of aromatic nitrogens is 1. The van der Waals surface area contributed by atoms with Crippen molar-refractivity contribution >= 4 is 11.3 Å². The van der Waals surface area contributed by atoms with Crippen LogP contribution in [0.3, 0.4) is 0 Å². The van der Waals surface area contributed by atoms with Gasteiger partial charge in [-0.3, -0.25) is 0 Å². The number of thiazole rings is 1. The van der Waals surface area contributed by atoms with Gasteiger partial charge in [-0.15, -0.1) is 11.3 Å². The molecule has 0 unspecified atom stereocenters. The van der Waals surface area contributed by atoms with Gasteiger partial charge < -0.3 is 5.11 Å². The van der Waals surface area contributed by atoms with Gasteiger partial charge in [-0.2, -0.15) is 0 Å². The summed E-state index contributed by atoms with van der Waals surface area (Å²) in [5, 5.41) is 12.0. The lowest BCUT2D eigenvalue weighted by molar-refractivity contribution is 0.143. The summed E-state index contributed by atoms with van der Waals surface area (Å²) in [7, 11) is 0. The van der Waals surface area contributed by atoms with Crippen molar-refractivity contribution in [1.82, 2.24) is 4.98 Å². The van der Waals surface area contributed by atoms with E-state index < -0.39 is 5.60 Å². The maximum atomic E-state index is 9.29. The highest BCUT2D eigenvalue weighted by molar-refractivity contribution is 7.10. The molecule has 0 aliphatic carbocycles. The predicted molar refractivity (Wildman–Crippen MR) is 50.0 cm³/mol. The third-order valence-electron chi connectivity index (χ3n) is 1.09. The van der Waals surface area contributed by atoms with E-state index in [0.717, 1.165) is 10.7 Å². The number of nitrogens with zero attached hydrogens (tertiary/aromatic N) is 1. The van der Waals surface area contributed by atoms with Gasteiger partial charge in [0.1, 0.15) is 5.60 Å². The Morgan fingerprint density at radius 2 is 2.25 bits per heavy atom. The first-order valence-electron chi connectivity index (χ1n) is 3.65. The van der Waals surface area contributed by atoms with Crippen LogP contribution in [0.2, 0.25) is 0 Å². The van der Waals surface area contributed by atoms with Crippen LogP contribution in [0.5, 0.6) is 0 Å². The molecule has 0 bridgehead atoms. The standard InChI is InChI=1S/C9H11NOS/c1-7-6-12-8(10-7)4-5-9(2,3)11/h6,11H,1-3H3. The summed E-state index contributed by atoms with van der Waals surface area (Å²) in [5.41, 5.74) is 0.0413. The molecule has 0 aliphatic rings. The fourth-order valence-corrected chi connectivity index (χ4v) is 1.26. The summed E-state index contributed by atoms with van der Waals surface area (Å²) in [4.78, 5) is 4.15. The Kier molecular flexibility index (Phi) is 2.51. The maximum absolute atomic E-state index is 9.29. The van der Waals surface area contributed by atoms with Crippen LogP contribution in [0.1, 0.15) is 24.5 Å². The van der Waals surface area contributed by atoms with Crippen molar-refractivity contribution in [2.45, 2.75) is 26.4 Å². The third-order valence-corrected chi connectivity index (χ3v) is 1.97. The molecule has 1 aromatic rings. The van der Waals surface area contributed by atoms with E-state index in [0.29, 0.717) is 0 Å². The van der Waals surface area contributed by atoms with Gasteiger partial charge in [-0.25, -0.2) is 4.98 Å². The van der Waals surface area contributed by atoms with Crippen molar-refractivity contribution < 1.29 is 5.11 Å². The molecule has 2 nitrogen and oxygen atoms in total. The minimum Gasteiger partial charge on any atom is -0.378 e. The Balaban J connectivity index is 2.80. The molecule has 12 heavy (non-hydrogen) atoms. The molecule has 0 saturated heterocycles. The number of aryl methyl sites for hydroxylation is 1. The van der Waals surface area contributed by atoms with Gasteiger partial charge in [-0.05, 0) is 26.7 Å². The second-order valence-electron chi connectivity index (χ2n) is 3.10. The summed E-state index contributed by atoms with van der Waals surface area (Å²) in [6.45, 7) is 5.23. The van der Waals surface area contributed by atoms with E-state index >= 15 is 0 Å². The quantitative estimate of drug-likeness (QED) is 0.616. The zero-order valence-electron chi connectivity index (χ0n) is 7.38. The van der Waals surface area contributed by atoms with Crippen molar-refractivity contribution in [2.24, 2.45) is 0 Å². The normalized spacial score (nSPS) is 10.7. The van der Waals surface area contributed by atoms with Crippen LogP contribution in [0.4, 0.5) is 0 Å². The van der Waals surface area contributed by atoms with Crippen LogP contribution in [0, 0.1) is 18.8 Å². The fraction of sp³-hybridized carbons (Fsp3) is 0.444. The van der Waals surface area contributed by atoms with E-state index in [-0.39, 0.29) is 0 Å². The molecule has 1 N–H and O–H groups in total. The maximum Gasteiger partial charge on any atom is 0.167 e. The second-order valence-corrected chi connectivity index (χ2v) is 3.96. The molecule has 3 heteroatoms. The highest BCUT2D eigenvalue weighted by Gasteiger charge is 2.06. The van der Waals surface area contributed by atoms with E-state index in [2.05, 4.69) is 16.8 Å². The average Bonchev–Trinajstić information content (AvgIpc) is 2.30. The van der Waals surface area contributed by atoms with Crippen LogP contribution in [0.25, 0.3) is 0 Å². The topological polar surface area (TPSA) is 33.1 Å². The van der Waals surface area contributed by atoms with Crippen LogP contribution in [0.15, 0.2) is 5.38 Å². The van der Waals surface area contributed by atoms with Crippen LogP contribution < -0.4 is 0 Å². The van der Waals surface area contributed by atoms with E-state index in [4.69, 9.17) is 0 Å². The van der Waals surface area contributed by atoms with Gasteiger partial charge >= 0.3 is 0 Å². The summed E-state index contributed by atoms with van der Waals surface area (Å²) >= 11 is 1.49. The molecular formula is C9H11NOS. The van der Waals surface area contributed by atoms with E-state index in [9.17, 15) is 5.11 Å². The number of hydrogen-bond donors (Lipinski definition) is 1. The molecule has 1 rings (SSSR count). The zero-order chi connectivity index (χ0) is 9.19. The lowest BCUT2D eigenvalue weighted by atomic mass is 10.1. The van der Waals surface area contributed by atoms with Crippen molar-refractivity contribution in [2.75, 3.05) is 0 Å². The Bertz CT molecular complexity index is 324. The average molecular weight is 181 g/mol. The van der Waals surface area contributed by atoms with Crippen LogP contribution in [-0.4, -0.2) is 15.7 Å². The Hall–Kier alpha value is -0.850. The van der Waals surface area contributed by atoms with Crippen LogP contribution in [-0.2, 0) is 0 Å². The molecule has 0 radical (unpaired) electrons. The monoisotopic (exact) mass is 181 g/mol. The second kappa shape index (κ2) is 3.26. The molecule has 0 amide bonds. The molecule has 0 saturated carbocycles. The molecule has 0 aliphatic heterocycles. The summed E-state index contributed by atoms with van der Waals surface area (Å²) < 4.78 is 0. The molecule has 1 heterocycles. The number of aliphatic hydroxyl groups is 1. The number of rotatable bonds is 0. The van der Waals surface area contributed by atoms with Crippen molar-refractivity contribution in [3.63, 3.8) is 0 Å². The number of hydrogen-bond acceptors (Lipinski definition) is 3. The van der Waals surface area contributed by atoms with Crippen molar-refractivity contribution in [3.05, 3.63) is 16.1 Å². The smallest absolute Gasteiger partial charge is 0.167 e. The van der Waals surface area contributed by atoms with Gasteiger partial charge in [0.2, 0.25) is 0 Å². The molecule has 0 spiro atoms. The first-order valence-corrected chi connectivity index (χ1v) is 4.53. The Morgan fingerprint density at radius 1 is 1.58 bits per heavy atom. The van der Waals surface area contributed by atoms with E-state index in [1.807, 2.05) is 12.3 Å². The van der Waals surface area contributed by atoms with Crippen molar-refractivity contribution in [3.8, 4) is 11.8 Å². The fourth-order valence-electron chi connectivity index (χ4n) is 0.618. The molecule has 0 aromatic carbocycles. The van der Waals surface area contributed by atoms with Gasteiger partial charge in [0.25, 0.3) is 0 Å². The van der Waals surface area contributed by atoms with Gasteiger partial charge in [0, 0.05) is 11.1 Å². The van der Waals surface area contributed by atoms with Gasteiger partial charge in [-0.1, -0.05) is 5.92 Å². The van der Waals surface area contributed by atoms with Crippen LogP contribution >= 0.6 is 11.3 Å². The first kappa shape index (κ1) is 9.24. The summed E-state index contributed by atoms with van der Waals surface area (Å²) in [6, 6.07) is 0. The molecule has 0 atom stereocenters. The molecular weight excluding hydrogens is 170 g/mol. The highest BCUT2D eigenvalue weighted by atomic mass is 32.1. The zero-order valence-corrected chi connectivity index (χ0v) is 8.20. The third kappa shape index (κ3) is 3.04. The molecule has 0 fully saturated rings. The largest absolute Gasteiger partial charge is 0.378 e. The predicted octanol–water partition coefficient (Wildman–Crippen LogP) is 1.57. The van der Waals surface area contributed by atoms with E-state index in [1.54, 1.807) is 13.8 Å². The molecule has 64 valence electrons. The first-order chi connectivity index (χ1) is 5.47. The lowest BCUT2D eigenvalue weighted by Crippen LogP contribution is -2.14. The van der Waals surface area contributed by atoms with Gasteiger partial charge in [0.05, 0.1) is 0 Å². The van der Waals surface area contributed by atoms with E-state index in [1.165, 1.54) is 11.3 Å². The lowest BCUT2D eigenvalue weighted by Gasteiger charge is -2.05. The summed E-state index contributed by atoms with van der Waals surface area (Å²) in [6.07, 6.45) is 0. The summed E-state index contributed by atoms with van der Waals surface area (Å²) in [5.74, 6) is 5.52. The SMILES string of the molecule is Cc1csc(C#CC(C)(C)O)n1. The minimum absolute atomic E-state index is 0.759. The molecule has 1 aromatic heterocycles. The van der Waals surface area contributed by atoms with Gasteiger partial charge in [0.15, 0.2) is 5.01 Å². The Morgan fingerprint density at radius 3 is 2.67 bits per heavy atom. The Labute approximate surface area is 76.3 Å². The van der Waals surface area contributed by atoms with Crippen molar-refractivity contribution in [1.29, 1.82) is 0 Å².